The molecule has 0 aromatic rings. The summed E-state index contributed by atoms with van der Waals surface area (Å²) in [7, 11) is 0. The molecule has 2 N–H and O–H groups in total. The Labute approximate surface area is 87.7 Å². The van der Waals surface area contributed by atoms with Gasteiger partial charge in [0.1, 0.15) is 0 Å². The molecule has 0 bridgehead atoms. The van der Waals surface area contributed by atoms with Crippen LogP contribution in [0, 0.1) is 0 Å². The van der Waals surface area contributed by atoms with Gasteiger partial charge in [-0.25, -0.2) is 0 Å². The summed E-state index contributed by atoms with van der Waals surface area (Å²) in [6, 6.07) is 0. The minimum absolute atomic E-state index is 0.553. The Morgan fingerprint density at radius 2 is 1.71 bits per heavy atom. The van der Waals surface area contributed by atoms with Gasteiger partial charge in [0.15, 0.2) is 0 Å². The highest BCUT2D eigenvalue weighted by Crippen LogP contribution is 2.09. The van der Waals surface area contributed by atoms with E-state index in [0.717, 1.165) is 32.1 Å². The number of unbranched alkanes of at least 4 members (excludes halogenated alkanes) is 2. The van der Waals surface area contributed by atoms with Gasteiger partial charge in [-0.3, -0.25) is 0 Å². The Bertz CT molecular complexity index is 143. The minimum atomic E-state index is -0.588. The largest absolute Gasteiger partial charge is 0.390 e. The van der Waals surface area contributed by atoms with Gasteiger partial charge in [-0.1, -0.05) is 45.3 Å². The molecule has 0 aliphatic rings. The second-order valence-electron chi connectivity index (χ2n) is 3.75. The quantitative estimate of drug-likeness (QED) is 0.467. The summed E-state index contributed by atoms with van der Waals surface area (Å²) in [6.07, 6.45) is 8.38. The molecule has 0 saturated carbocycles. The highest BCUT2D eigenvalue weighted by molar-refractivity contribution is 4.85. The Hall–Kier alpha value is -0.340. The molecule has 0 aromatic carbocycles. The van der Waals surface area contributed by atoms with Crippen LogP contribution in [-0.2, 0) is 0 Å². The monoisotopic (exact) mass is 200 g/mol. The van der Waals surface area contributed by atoms with Gasteiger partial charge < -0.3 is 10.2 Å². The first-order valence-corrected chi connectivity index (χ1v) is 5.73. The SMILES string of the molecule is CC/C=C/CC(O)C(O)CCCCC. The molecule has 2 atom stereocenters. The second kappa shape index (κ2) is 9.22. The molecule has 0 spiro atoms. The summed E-state index contributed by atoms with van der Waals surface area (Å²) in [6.45, 7) is 4.19. The van der Waals surface area contributed by atoms with Crippen molar-refractivity contribution >= 4 is 0 Å². The molecular weight excluding hydrogens is 176 g/mol. The third kappa shape index (κ3) is 7.10. The second-order valence-corrected chi connectivity index (χ2v) is 3.75. The van der Waals surface area contributed by atoms with Gasteiger partial charge in [-0.15, -0.1) is 0 Å². The van der Waals surface area contributed by atoms with Crippen LogP contribution in [0.15, 0.2) is 12.2 Å². The molecule has 0 fully saturated rings. The van der Waals surface area contributed by atoms with E-state index in [-0.39, 0.29) is 0 Å². The van der Waals surface area contributed by atoms with Crippen molar-refractivity contribution in [3.8, 4) is 0 Å². The molecule has 0 heterocycles. The van der Waals surface area contributed by atoms with E-state index in [4.69, 9.17) is 0 Å². The van der Waals surface area contributed by atoms with Gasteiger partial charge >= 0.3 is 0 Å². The van der Waals surface area contributed by atoms with Gasteiger partial charge in [0.2, 0.25) is 0 Å². The average Bonchev–Trinajstić information content (AvgIpc) is 2.18. The molecule has 0 radical (unpaired) electrons. The number of hydrogen-bond acceptors (Lipinski definition) is 2. The predicted octanol–water partition coefficient (Wildman–Crippen LogP) is 2.64. The fraction of sp³-hybridized carbons (Fsp3) is 0.833. The van der Waals surface area contributed by atoms with Gasteiger partial charge in [-0.05, 0) is 19.3 Å². The summed E-state index contributed by atoms with van der Waals surface area (Å²) in [4.78, 5) is 0. The van der Waals surface area contributed by atoms with E-state index >= 15 is 0 Å². The number of allylic oxidation sites excluding steroid dienone is 1. The third-order valence-electron chi connectivity index (χ3n) is 2.33. The molecular formula is C12H24O2. The smallest absolute Gasteiger partial charge is 0.0833 e. The van der Waals surface area contributed by atoms with Crippen molar-refractivity contribution in [2.45, 2.75) is 64.6 Å². The zero-order valence-corrected chi connectivity index (χ0v) is 9.45. The van der Waals surface area contributed by atoms with Crippen LogP contribution >= 0.6 is 0 Å². The van der Waals surface area contributed by atoms with E-state index in [0.29, 0.717) is 6.42 Å². The zero-order valence-electron chi connectivity index (χ0n) is 9.45. The number of rotatable bonds is 8. The van der Waals surface area contributed by atoms with Crippen molar-refractivity contribution in [3.63, 3.8) is 0 Å². The van der Waals surface area contributed by atoms with E-state index in [2.05, 4.69) is 13.8 Å². The topological polar surface area (TPSA) is 40.5 Å². The van der Waals surface area contributed by atoms with E-state index < -0.39 is 12.2 Å². The average molecular weight is 200 g/mol. The van der Waals surface area contributed by atoms with Crippen LogP contribution in [0.3, 0.4) is 0 Å². The van der Waals surface area contributed by atoms with Crippen LogP contribution < -0.4 is 0 Å². The maximum Gasteiger partial charge on any atom is 0.0833 e. The molecule has 0 aliphatic carbocycles. The van der Waals surface area contributed by atoms with Crippen LogP contribution in [0.4, 0.5) is 0 Å². The van der Waals surface area contributed by atoms with Crippen molar-refractivity contribution in [2.75, 3.05) is 0 Å². The Kier molecular flexibility index (Phi) is 9.00. The van der Waals surface area contributed by atoms with Gasteiger partial charge in [0.05, 0.1) is 12.2 Å². The molecule has 2 nitrogen and oxygen atoms in total. The number of aliphatic hydroxyl groups excluding tert-OH is 2. The summed E-state index contributed by atoms with van der Waals surface area (Å²) in [5.74, 6) is 0. The van der Waals surface area contributed by atoms with Crippen LogP contribution in [0.1, 0.15) is 52.4 Å². The predicted molar refractivity (Wildman–Crippen MR) is 60.2 cm³/mol. The molecule has 0 saturated heterocycles. The van der Waals surface area contributed by atoms with E-state index in [1.54, 1.807) is 0 Å². The fourth-order valence-electron chi connectivity index (χ4n) is 1.36. The lowest BCUT2D eigenvalue weighted by Crippen LogP contribution is -2.25. The van der Waals surface area contributed by atoms with Crippen LogP contribution in [0.2, 0.25) is 0 Å². The summed E-state index contributed by atoms with van der Waals surface area (Å²) in [5, 5.41) is 19.1. The first-order valence-electron chi connectivity index (χ1n) is 5.73. The van der Waals surface area contributed by atoms with Gasteiger partial charge in [-0.2, -0.15) is 0 Å². The molecule has 0 aromatic heterocycles. The van der Waals surface area contributed by atoms with Crippen molar-refractivity contribution in [2.24, 2.45) is 0 Å². The molecule has 84 valence electrons. The zero-order chi connectivity index (χ0) is 10.8. The lowest BCUT2D eigenvalue weighted by Gasteiger charge is -2.15. The molecule has 2 unspecified atom stereocenters. The lowest BCUT2D eigenvalue weighted by atomic mass is 10.0. The molecule has 2 heteroatoms. The van der Waals surface area contributed by atoms with E-state index in [1.807, 2.05) is 12.2 Å². The van der Waals surface area contributed by atoms with Crippen LogP contribution in [0.25, 0.3) is 0 Å². The fourth-order valence-corrected chi connectivity index (χ4v) is 1.36. The standard InChI is InChI=1S/C12H24O2/c1-3-5-7-9-11(13)12(14)10-8-6-4-2/h5,7,11-14H,3-4,6,8-10H2,1-2H3/b7-5+. The van der Waals surface area contributed by atoms with Crippen LogP contribution in [0.5, 0.6) is 0 Å². The number of aliphatic hydroxyl groups is 2. The summed E-state index contributed by atoms with van der Waals surface area (Å²) < 4.78 is 0. The molecule has 0 amide bonds. The molecule has 0 rings (SSSR count). The van der Waals surface area contributed by atoms with Crippen molar-refractivity contribution in [3.05, 3.63) is 12.2 Å². The van der Waals surface area contributed by atoms with E-state index in [1.165, 1.54) is 0 Å². The Morgan fingerprint density at radius 3 is 2.29 bits per heavy atom. The lowest BCUT2D eigenvalue weighted by molar-refractivity contribution is 0.0153. The first-order chi connectivity index (χ1) is 6.72. The van der Waals surface area contributed by atoms with Crippen molar-refractivity contribution in [1.82, 2.24) is 0 Å². The van der Waals surface area contributed by atoms with E-state index in [9.17, 15) is 10.2 Å². The third-order valence-corrected chi connectivity index (χ3v) is 2.33. The normalized spacial score (nSPS) is 16.0. The van der Waals surface area contributed by atoms with Crippen LogP contribution in [-0.4, -0.2) is 22.4 Å². The minimum Gasteiger partial charge on any atom is -0.390 e. The highest BCUT2D eigenvalue weighted by Gasteiger charge is 2.13. The molecule has 14 heavy (non-hydrogen) atoms. The molecule has 0 aliphatic heterocycles. The first kappa shape index (κ1) is 13.7. The number of hydrogen-bond donors (Lipinski definition) is 2. The Balaban J connectivity index is 3.53. The van der Waals surface area contributed by atoms with Crippen molar-refractivity contribution in [1.29, 1.82) is 0 Å². The highest BCUT2D eigenvalue weighted by atomic mass is 16.3. The maximum absolute atomic E-state index is 9.56. The Morgan fingerprint density at radius 1 is 1.00 bits per heavy atom. The van der Waals surface area contributed by atoms with Gasteiger partial charge in [0, 0.05) is 0 Å². The maximum atomic E-state index is 9.56. The summed E-state index contributed by atoms with van der Waals surface area (Å²) in [5.41, 5.74) is 0. The summed E-state index contributed by atoms with van der Waals surface area (Å²) >= 11 is 0. The van der Waals surface area contributed by atoms with Crippen molar-refractivity contribution < 1.29 is 10.2 Å². The van der Waals surface area contributed by atoms with Gasteiger partial charge in [0.25, 0.3) is 0 Å².